The van der Waals surface area contributed by atoms with Crippen molar-refractivity contribution in [2.75, 3.05) is 19.6 Å². The van der Waals surface area contributed by atoms with Crippen LogP contribution in [0.3, 0.4) is 0 Å². The molecule has 21 heavy (non-hydrogen) atoms. The van der Waals surface area contributed by atoms with Crippen LogP contribution in [0.2, 0.25) is 0 Å². The number of rotatable bonds is 10. The van der Waals surface area contributed by atoms with Crippen molar-refractivity contribution >= 4 is 0 Å². The van der Waals surface area contributed by atoms with Crippen LogP contribution in [-0.4, -0.2) is 39.9 Å². The summed E-state index contributed by atoms with van der Waals surface area (Å²) in [4.78, 5) is 2.61. The average Bonchev–Trinajstić information content (AvgIpc) is 2.99. The van der Waals surface area contributed by atoms with E-state index in [2.05, 4.69) is 63.1 Å². The first-order valence-electron chi connectivity index (χ1n) is 8.64. The summed E-state index contributed by atoms with van der Waals surface area (Å²) in [6, 6.07) is 0.331. The zero-order chi connectivity index (χ0) is 15.9. The highest BCUT2D eigenvalue weighted by Crippen LogP contribution is 2.37. The van der Waals surface area contributed by atoms with E-state index in [0.717, 1.165) is 39.0 Å². The molecule has 0 aliphatic heterocycles. The molecule has 1 aromatic rings. The molecule has 0 aliphatic carbocycles. The molecule has 0 saturated carbocycles. The Labute approximate surface area is 130 Å². The fraction of sp³-hybridized carbons (Fsp3) is 0.824. The highest BCUT2D eigenvalue weighted by atomic mass is 15.3. The maximum atomic E-state index is 4.49. The average molecular weight is 294 g/mol. The highest BCUT2D eigenvalue weighted by molar-refractivity contribution is 5.18. The second-order valence-electron chi connectivity index (χ2n) is 5.60. The summed E-state index contributed by atoms with van der Waals surface area (Å²) >= 11 is 0. The van der Waals surface area contributed by atoms with E-state index in [1.807, 2.05) is 10.9 Å². The molecule has 1 heterocycles. The molecule has 0 fully saturated rings. The number of nitrogens with zero attached hydrogens (tertiary/aromatic N) is 3. The number of likely N-dealkylation sites (N-methyl/N-ethyl adjacent to an activating group) is 2. The molecule has 4 nitrogen and oxygen atoms in total. The van der Waals surface area contributed by atoms with Gasteiger partial charge in [-0.1, -0.05) is 34.6 Å². The van der Waals surface area contributed by atoms with Gasteiger partial charge in [0.15, 0.2) is 0 Å². The molecule has 0 radical (unpaired) electrons. The largest absolute Gasteiger partial charge is 0.309 e. The summed E-state index contributed by atoms with van der Waals surface area (Å²) in [6.45, 7) is 17.6. The van der Waals surface area contributed by atoms with Gasteiger partial charge in [0, 0.05) is 23.8 Å². The van der Waals surface area contributed by atoms with Crippen LogP contribution >= 0.6 is 0 Å². The van der Waals surface area contributed by atoms with Crippen LogP contribution in [0.25, 0.3) is 0 Å². The van der Waals surface area contributed by atoms with E-state index in [9.17, 15) is 0 Å². The lowest BCUT2D eigenvalue weighted by Crippen LogP contribution is -2.56. The van der Waals surface area contributed by atoms with Gasteiger partial charge in [-0.05, 0) is 39.4 Å². The minimum Gasteiger partial charge on any atom is -0.309 e. The smallest absolute Gasteiger partial charge is 0.0538 e. The molecule has 1 N–H and O–H groups in total. The van der Waals surface area contributed by atoms with Gasteiger partial charge >= 0.3 is 0 Å². The topological polar surface area (TPSA) is 33.1 Å². The van der Waals surface area contributed by atoms with Crippen molar-refractivity contribution in [1.82, 2.24) is 20.0 Å². The van der Waals surface area contributed by atoms with Crippen molar-refractivity contribution in [3.8, 4) is 0 Å². The number of hydrogen-bond acceptors (Lipinski definition) is 3. The molecule has 1 atom stereocenters. The van der Waals surface area contributed by atoms with Crippen LogP contribution in [0.5, 0.6) is 0 Å². The van der Waals surface area contributed by atoms with Crippen molar-refractivity contribution in [3.63, 3.8) is 0 Å². The SMILES string of the molecule is CCNC(c1cnn(CC)c1)C(CC)(CC)N(CC)CC. The van der Waals surface area contributed by atoms with Crippen molar-refractivity contribution in [2.45, 2.75) is 72.5 Å². The Morgan fingerprint density at radius 1 is 1.14 bits per heavy atom. The molecule has 0 saturated heterocycles. The van der Waals surface area contributed by atoms with Crippen molar-refractivity contribution in [2.24, 2.45) is 0 Å². The minimum absolute atomic E-state index is 0.154. The third kappa shape index (κ3) is 3.67. The van der Waals surface area contributed by atoms with Crippen molar-refractivity contribution in [3.05, 3.63) is 18.0 Å². The molecular formula is C17H34N4. The molecule has 0 amide bonds. The Morgan fingerprint density at radius 2 is 1.76 bits per heavy atom. The second kappa shape index (κ2) is 8.54. The lowest BCUT2D eigenvalue weighted by atomic mass is 9.79. The molecule has 0 bridgehead atoms. The second-order valence-corrected chi connectivity index (χ2v) is 5.60. The van der Waals surface area contributed by atoms with E-state index in [4.69, 9.17) is 0 Å². The Balaban J connectivity index is 3.24. The van der Waals surface area contributed by atoms with Crippen molar-refractivity contribution < 1.29 is 0 Å². The number of nitrogens with one attached hydrogen (secondary N) is 1. The molecule has 0 aliphatic rings. The third-order valence-electron chi connectivity index (χ3n) is 4.87. The predicted molar refractivity (Wildman–Crippen MR) is 90.6 cm³/mol. The summed E-state index contributed by atoms with van der Waals surface area (Å²) in [6.07, 6.45) is 6.53. The molecule has 122 valence electrons. The van der Waals surface area contributed by atoms with Gasteiger partial charge in [0.05, 0.1) is 12.2 Å². The number of aromatic nitrogens is 2. The van der Waals surface area contributed by atoms with Gasteiger partial charge in [-0.15, -0.1) is 0 Å². The molecule has 4 heteroatoms. The van der Waals surface area contributed by atoms with E-state index < -0.39 is 0 Å². The van der Waals surface area contributed by atoms with E-state index in [1.54, 1.807) is 0 Å². The van der Waals surface area contributed by atoms with E-state index >= 15 is 0 Å². The van der Waals surface area contributed by atoms with E-state index in [-0.39, 0.29) is 5.54 Å². The summed E-state index contributed by atoms with van der Waals surface area (Å²) in [7, 11) is 0. The van der Waals surface area contributed by atoms with Crippen LogP contribution in [0.4, 0.5) is 0 Å². The Bertz CT molecular complexity index is 391. The fourth-order valence-electron chi connectivity index (χ4n) is 3.67. The Morgan fingerprint density at radius 3 is 2.14 bits per heavy atom. The first kappa shape index (κ1) is 18.2. The normalized spacial score (nSPS) is 13.9. The first-order valence-corrected chi connectivity index (χ1v) is 8.64. The quantitative estimate of drug-likeness (QED) is 0.717. The van der Waals surface area contributed by atoms with Gasteiger partial charge in [0.2, 0.25) is 0 Å². The van der Waals surface area contributed by atoms with Gasteiger partial charge in [0.1, 0.15) is 0 Å². The standard InChI is InChI=1S/C17H34N4/c1-7-17(8-2,20(10-4)11-5)16(18-9-3)15-13-19-21(12-6)14-15/h13-14,16,18H,7-12H2,1-6H3. The zero-order valence-electron chi connectivity index (χ0n) is 14.8. The highest BCUT2D eigenvalue weighted by Gasteiger charge is 2.40. The lowest BCUT2D eigenvalue weighted by Gasteiger charge is -2.48. The summed E-state index contributed by atoms with van der Waals surface area (Å²) in [5, 5.41) is 8.22. The van der Waals surface area contributed by atoms with Crippen LogP contribution in [0, 0.1) is 0 Å². The number of aryl methyl sites for hydroxylation is 1. The van der Waals surface area contributed by atoms with Gasteiger partial charge < -0.3 is 5.32 Å². The third-order valence-corrected chi connectivity index (χ3v) is 4.87. The molecule has 1 rings (SSSR count). The van der Waals surface area contributed by atoms with Gasteiger partial charge in [0.25, 0.3) is 0 Å². The molecule has 1 aromatic heterocycles. The van der Waals surface area contributed by atoms with Crippen LogP contribution in [0.15, 0.2) is 12.4 Å². The predicted octanol–water partition coefficient (Wildman–Crippen LogP) is 3.45. The Kier molecular flexibility index (Phi) is 7.40. The summed E-state index contributed by atoms with van der Waals surface area (Å²) in [5.74, 6) is 0. The van der Waals surface area contributed by atoms with E-state index in [1.165, 1.54) is 5.56 Å². The molecular weight excluding hydrogens is 260 g/mol. The number of hydrogen-bond donors (Lipinski definition) is 1. The molecule has 1 unspecified atom stereocenters. The molecule has 0 aromatic carbocycles. The zero-order valence-corrected chi connectivity index (χ0v) is 14.8. The molecule has 0 spiro atoms. The van der Waals surface area contributed by atoms with Crippen LogP contribution < -0.4 is 5.32 Å². The summed E-state index contributed by atoms with van der Waals surface area (Å²) in [5.41, 5.74) is 1.47. The Hall–Kier alpha value is -0.870. The van der Waals surface area contributed by atoms with Gasteiger partial charge in [-0.2, -0.15) is 5.10 Å². The van der Waals surface area contributed by atoms with E-state index in [0.29, 0.717) is 6.04 Å². The van der Waals surface area contributed by atoms with Crippen molar-refractivity contribution in [1.29, 1.82) is 0 Å². The fourth-order valence-corrected chi connectivity index (χ4v) is 3.67. The van der Waals surface area contributed by atoms with Crippen LogP contribution in [-0.2, 0) is 6.54 Å². The maximum Gasteiger partial charge on any atom is 0.0538 e. The first-order chi connectivity index (χ1) is 10.1. The van der Waals surface area contributed by atoms with Gasteiger partial charge in [-0.25, -0.2) is 0 Å². The monoisotopic (exact) mass is 294 g/mol. The minimum atomic E-state index is 0.154. The lowest BCUT2D eigenvalue weighted by molar-refractivity contribution is 0.0492. The van der Waals surface area contributed by atoms with Crippen LogP contribution in [0.1, 0.15) is 66.0 Å². The maximum absolute atomic E-state index is 4.49. The summed E-state index contributed by atoms with van der Waals surface area (Å²) < 4.78 is 2.03. The van der Waals surface area contributed by atoms with Gasteiger partial charge in [-0.3, -0.25) is 9.58 Å².